The second kappa shape index (κ2) is 10.7. The molecule has 2 atom stereocenters. The second-order valence-corrected chi connectivity index (χ2v) is 7.72. The summed E-state index contributed by atoms with van der Waals surface area (Å²) in [7, 11) is 2.49. The van der Waals surface area contributed by atoms with E-state index < -0.39 is 8.80 Å². The summed E-state index contributed by atoms with van der Waals surface area (Å²) >= 11 is 0. The molecular weight excluding hydrogens is 264 g/mol. The minimum absolute atomic E-state index is 0.111. The third-order valence-corrected chi connectivity index (χ3v) is 5.88. The van der Waals surface area contributed by atoms with E-state index in [1.165, 1.54) is 0 Å². The van der Waals surface area contributed by atoms with E-state index in [0.717, 1.165) is 19.0 Å². The Morgan fingerprint density at radius 3 is 2.16 bits per heavy atom. The molecule has 7 heteroatoms. The van der Waals surface area contributed by atoms with Gasteiger partial charge in [0.2, 0.25) is 0 Å². The van der Waals surface area contributed by atoms with Crippen LogP contribution in [0.3, 0.4) is 0 Å². The van der Waals surface area contributed by atoms with Crippen molar-refractivity contribution in [2.45, 2.75) is 38.5 Å². The van der Waals surface area contributed by atoms with Crippen molar-refractivity contribution in [2.24, 2.45) is 5.73 Å². The highest BCUT2D eigenvalue weighted by molar-refractivity contribution is 6.60. The normalized spacial score (nSPS) is 15.5. The lowest BCUT2D eigenvalue weighted by atomic mass is 10.3. The molecule has 0 aliphatic rings. The molecule has 3 N–H and O–H groups in total. The number of hydrogen-bond donors (Lipinski definition) is 2. The molecular formula is C12H30N2O4Si. The highest BCUT2D eigenvalue weighted by Crippen LogP contribution is 2.14. The fourth-order valence-electron chi connectivity index (χ4n) is 1.65. The first-order valence-corrected chi connectivity index (χ1v) is 8.67. The number of ether oxygens (including phenoxy) is 1. The summed E-state index contributed by atoms with van der Waals surface area (Å²) in [6.07, 6.45) is 1.05. The molecule has 0 bridgehead atoms. The van der Waals surface area contributed by atoms with Crippen LogP contribution >= 0.6 is 0 Å². The molecule has 0 fully saturated rings. The van der Waals surface area contributed by atoms with Crippen LogP contribution in [0.5, 0.6) is 0 Å². The number of nitrogens with two attached hydrogens (primary N) is 1. The SMILES string of the molecule is CO[Si](CCCNC(C)COC(C)CN)(OC)OC. The quantitative estimate of drug-likeness (QED) is 0.405. The van der Waals surface area contributed by atoms with E-state index in [0.29, 0.717) is 19.2 Å². The van der Waals surface area contributed by atoms with Gasteiger partial charge < -0.3 is 29.1 Å². The van der Waals surface area contributed by atoms with Gasteiger partial charge in [0, 0.05) is 40.0 Å². The largest absolute Gasteiger partial charge is 0.500 e. The maximum Gasteiger partial charge on any atom is 0.500 e. The monoisotopic (exact) mass is 294 g/mol. The first-order chi connectivity index (χ1) is 9.03. The molecule has 0 aliphatic carbocycles. The molecule has 0 radical (unpaired) electrons. The Morgan fingerprint density at radius 1 is 1.11 bits per heavy atom. The smallest absolute Gasteiger partial charge is 0.377 e. The maximum atomic E-state index is 5.56. The van der Waals surface area contributed by atoms with Crippen LogP contribution in [0.2, 0.25) is 6.04 Å². The first-order valence-electron chi connectivity index (χ1n) is 6.74. The van der Waals surface area contributed by atoms with Crippen LogP contribution in [0.1, 0.15) is 20.3 Å². The van der Waals surface area contributed by atoms with Crippen LogP contribution in [0.4, 0.5) is 0 Å². The summed E-state index contributed by atoms with van der Waals surface area (Å²) in [6.45, 7) is 6.17. The van der Waals surface area contributed by atoms with E-state index in [1.54, 1.807) is 21.3 Å². The summed E-state index contributed by atoms with van der Waals surface area (Å²) in [5, 5.41) is 3.40. The summed E-state index contributed by atoms with van der Waals surface area (Å²) in [6, 6.07) is 1.11. The predicted molar refractivity (Wildman–Crippen MR) is 78.1 cm³/mol. The van der Waals surface area contributed by atoms with E-state index in [2.05, 4.69) is 12.2 Å². The van der Waals surface area contributed by atoms with Gasteiger partial charge in [-0.2, -0.15) is 0 Å². The molecule has 0 saturated heterocycles. The van der Waals surface area contributed by atoms with Crippen molar-refractivity contribution in [1.29, 1.82) is 0 Å². The molecule has 0 spiro atoms. The zero-order valence-electron chi connectivity index (χ0n) is 12.9. The number of nitrogens with one attached hydrogen (secondary N) is 1. The molecule has 116 valence electrons. The molecule has 0 heterocycles. The van der Waals surface area contributed by atoms with Gasteiger partial charge in [-0.05, 0) is 26.8 Å². The van der Waals surface area contributed by atoms with E-state index >= 15 is 0 Å². The van der Waals surface area contributed by atoms with Gasteiger partial charge in [-0.15, -0.1) is 0 Å². The van der Waals surface area contributed by atoms with Crippen molar-refractivity contribution < 1.29 is 18.0 Å². The van der Waals surface area contributed by atoms with Crippen molar-refractivity contribution in [3.63, 3.8) is 0 Å². The Bertz CT molecular complexity index is 210. The van der Waals surface area contributed by atoms with Crippen LogP contribution in [0.15, 0.2) is 0 Å². The molecule has 0 aromatic carbocycles. The van der Waals surface area contributed by atoms with Crippen LogP contribution in [-0.2, 0) is 18.0 Å². The van der Waals surface area contributed by atoms with Gasteiger partial charge in [0.15, 0.2) is 0 Å². The lowest BCUT2D eigenvalue weighted by Crippen LogP contribution is -2.43. The zero-order valence-corrected chi connectivity index (χ0v) is 13.9. The van der Waals surface area contributed by atoms with Crippen molar-refractivity contribution in [3.8, 4) is 0 Å². The van der Waals surface area contributed by atoms with Gasteiger partial charge >= 0.3 is 8.80 Å². The van der Waals surface area contributed by atoms with Crippen LogP contribution in [0.25, 0.3) is 0 Å². The molecule has 0 amide bonds. The summed E-state index contributed by atoms with van der Waals surface area (Å²) in [5.41, 5.74) is 5.49. The van der Waals surface area contributed by atoms with Gasteiger partial charge in [-0.25, -0.2) is 0 Å². The van der Waals surface area contributed by atoms with Crippen LogP contribution < -0.4 is 11.1 Å². The zero-order chi connectivity index (χ0) is 14.7. The fourth-order valence-corrected chi connectivity index (χ4v) is 3.37. The Morgan fingerprint density at radius 2 is 1.68 bits per heavy atom. The molecule has 0 aromatic heterocycles. The minimum Gasteiger partial charge on any atom is -0.377 e. The second-order valence-electron chi connectivity index (χ2n) is 4.63. The fraction of sp³-hybridized carbons (Fsp3) is 1.00. The Balaban J connectivity index is 3.73. The molecule has 0 aliphatic heterocycles. The number of hydrogen-bond acceptors (Lipinski definition) is 6. The molecule has 2 unspecified atom stereocenters. The lowest BCUT2D eigenvalue weighted by Gasteiger charge is -2.24. The lowest BCUT2D eigenvalue weighted by molar-refractivity contribution is 0.0582. The van der Waals surface area contributed by atoms with Gasteiger partial charge in [0.1, 0.15) is 0 Å². The van der Waals surface area contributed by atoms with Gasteiger partial charge in [0.25, 0.3) is 0 Å². The van der Waals surface area contributed by atoms with Crippen LogP contribution in [0, 0.1) is 0 Å². The van der Waals surface area contributed by atoms with E-state index in [9.17, 15) is 0 Å². The molecule has 6 nitrogen and oxygen atoms in total. The standard InChI is InChI=1S/C12H30N2O4Si/c1-11(10-18-12(2)9-13)14-7-6-8-19(15-3,16-4)17-5/h11-12,14H,6-10,13H2,1-5H3. The molecule has 19 heavy (non-hydrogen) atoms. The highest BCUT2D eigenvalue weighted by atomic mass is 28.4. The third-order valence-electron chi connectivity index (χ3n) is 3.05. The van der Waals surface area contributed by atoms with Crippen LogP contribution in [-0.4, -0.2) is 62.0 Å². The maximum absolute atomic E-state index is 5.56. The van der Waals surface area contributed by atoms with E-state index in [1.807, 2.05) is 6.92 Å². The Kier molecular flexibility index (Phi) is 10.7. The first kappa shape index (κ1) is 19.0. The van der Waals surface area contributed by atoms with Crippen molar-refractivity contribution in [3.05, 3.63) is 0 Å². The van der Waals surface area contributed by atoms with Gasteiger partial charge in [-0.1, -0.05) is 0 Å². The van der Waals surface area contributed by atoms with Crippen molar-refractivity contribution in [1.82, 2.24) is 5.32 Å². The van der Waals surface area contributed by atoms with Gasteiger partial charge in [0.05, 0.1) is 12.7 Å². The van der Waals surface area contributed by atoms with Crippen molar-refractivity contribution in [2.75, 3.05) is 41.0 Å². The number of rotatable bonds is 12. The summed E-state index contributed by atoms with van der Waals surface area (Å²) < 4.78 is 21.7. The Labute approximate surface area is 118 Å². The topological polar surface area (TPSA) is 75.0 Å². The van der Waals surface area contributed by atoms with Gasteiger partial charge in [-0.3, -0.25) is 0 Å². The summed E-state index contributed by atoms with van der Waals surface area (Å²) in [5.74, 6) is 0. The third kappa shape index (κ3) is 7.98. The van der Waals surface area contributed by atoms with E-state index in [4.69, 9.17) is 23.7 Å². The molecule has 0 rings (SSSR count). The molecule has 0 aromatic rings. The average Bonchev–Trinajstić information content (AvgIpc) is 2.45. The predicted octanol–water partition coefficient (Wildman–Crippen LogP) is 0.597. The summed E-state index contributed by atoms with van der Waals surface area (Å²) in [4.78, 5) is 0. The minimum atomic E-state index is -2.42. The average molecular weight is 294 g/mol. The highest BCUT2D eigenvalue weighted by Gasteiger charge is 2.36. The van der Waals surface area contributed by atoms with Crippen molar-refractivity contribution >= 4 is 8.80 Å². The molecule has 0 saturated carbocycles. The Hall–Kier alpha value is -0.0231. The van der Waals surface area contributed by atoms with E-state index in [-0.39, 0.29) is 6.10 Å².